The van der Waals surface area contributed by atoms with Gasteiger partial charge in [-0.15, -0.1) is 0 Å². The van der Waals surface area contributed by atoms with Gasteiger partial charge in [0.1, 0.15) is 0 Å². The minimum atomic E-state index is -0.0772. The summed E-state index contributed by atoms with van der Waals surface area (Å²) in [4.78, 5) is 14.1. The van der Waals surface area contributed by atoms with Crippen molar-refractivity contribution in [1.29, 1.82) is 0 Å². The number of nitrogens with zero attached hydrogens (tertiary/aromatic N) is 1. The molecule has 1 aliphatic carbocycles. The Morgan fingerprint density at radius 2 is 1.94 bits per heavy atom. The van der Waals surface area contributed by atoms with E-state index in [0.29, 0.717) is 25.2 Å². The molecule has 0 spiro atoms. The van der Waals surface area contributed by atoms with Gasteiger partial charge >= 0.3 is 5.97 Å². The van der Waals surface area contributed by atoms with Crippen LogP contribution in [0.15, 0.2) is 0 Å². The normalized spacial score (nSPS) is 24.6. The fourth-order valence-corrected chi connectivity index (χ4v) is 3.14. The number of hydrogen-bond donors (Lipinski definition) is 0. The fraction of sp³-hybridized carbons (Fsp3) is 0.933. The summed E-state index contributed by atoms with van der Waals surface area (Å²) >= 11 is 0. The number of ether oxygens (including phenoxy) is 1. The third-order valence-corrected chi connectivity index (χ3v) is 4.10. The molecule has 0 saturated heterocycles. The quantitative estimate of drug-likeness (QED) is 0.682. The standard InChI is InChI=1S/C15H29NO2/c1-5-13-9-7-8-10-14(13)16(12(3)4)11-15(17)18-6-2/h12-14H,5-11H2,1-4H3. The van der Waals surface area contributed by atoms with Crippen molar-refractivity contribution >= 4 is 5.97 Å². The van der Waals surface area contributed by atoms with Gasteiger partial charge in [0.15, 0.2) is 0 Å². The highest BCUT2D eigenvalue weighted by molar-refractivity contribution is 5.71. The summed E-state index contributed by atoms with van der Waals surface area (Å²) in [5.41, 5.74) is 0. The molecule has 0 amide bonds. The lowest BCUT2D eigenvalue weighted by Gasteiger charge is -2.41. The van der Waals surface area contributed by atoms with Crippen LogP contribution in [0.25, 0.3) is 0 Å². The van der Waals surface area contributed by atoms with Crippen LogP contribution in [0.4, 0.5) is 0 Å². The summed E-state index contributed by atoms with van der Waals surface area (Å²) in [6.07, 6.45) is 6.41. The molecule has 18 heavy (non-hydrogen) atoms. The summed E-state index contributed by atoms with van der Waals surface area (Å²) in [5.74, 6) is 0.669. The minimum absolute atomic E-state index is 0.0772. The molecule has 1 fully saturated rings. The van der Waals surface area contributed by atoms with Crippen LogP contribution in [0.2, 0.25) is 0 Å². The molecule has 1 aliphatic rings. The first-order valence-electron chi connectivity index (χ1n) is 7.51. The maximum Gasteiger partial charge on any atom is 0.320 e. The lowest BCUT2D eigenvalue weighted by atomic mass is 9.81. The van der Waals surface area contributed by atoms with Gasteiger partial charge in [0, 0.05) is 12.1 Å². The molecule has 0 aliphatic heterocycles. The third kappa shape index (κ3) is 4.27. The van der Waals surface area contributed by atoms with Crippen LogP contribution < -0.4 is 0 Å². The Morgan fingerprint density at radius 1 is 1.28 bits per heavy atom. The Balaban J connectivity index is 2.66. The summed E-state index contributed by atoms with van der Waals surface area (Å²) in [6.45, 7) is 9.43. The second-order valence-corrected chi connectivity index (χ2v) is 5.59. The average molecular weight is 255 g/mol. The predicted molar refractivity (Wildman–Crippen MR) is 74.5 cm³/mol. The Bertz CT molecular complexity index is 253. The Labute approximate surface area is 112 Å². The molecule has 0 aromatic heterocycles. The lowest BCUT2D eigenvalue weighted by Crippen LogP contribution is -2.48. The second-order valence-electron chi connectivity index (χ2n) is 5.59. The molecule has 3 nitrogen and oxygen atoms in total. The number of rotatable bonds is 6. The maximum absolute atomic E-state index is 11.7. The van der Waals surface area contributed by atoms with E-state index < -0.39 is 0 Å². The van der Waals surface area contributed by atoms with Crippen LogP contribution in [0.1, 0.15) is 59.8 Å². The van der Waals surface area contributed by atoms with E-state index in [-0.39, 0.29) is 5.97 Å². The highest BCUT2D eigenvalue weighted by atomic mass is 16.5. The molecule has 0 radical (unpaired) electrons. The zero-order chi connectivity index (χ0) is 13.5. The van der Waals surface area contributed by atoms with Gasteiger partial charge in [0.25, 0.3) is 0 Å². The third-order valence-electron chi connectivity index (χ3n) is 4.10. The smallest absolute Gasteiger partial charge is 0.320 e. The summed E-state index contributed by atoms with van der Waals surface area (Å²) in [7, 11) is 0. The molecule has 2 unspecified atom stereocenters. The first-order chi connectivity index (χ1) is 8.60. The summed E-state index contributed by atoms with van der Waals surface area (Å²) in [5, 5.41) is 0. The van der Waals surface area contributed by atoms with Crippen molar-refractivity contribution in [1.82, 2.24) is 4.90 Å². The van der Waals surface area contributed by atoms with Crippen molar-refractivity contribution < 1.29 is 9.53 Å². The molecule has 3 heteroatoms. The fourth-order valence-electron chi connectivity index (χ4n) is 3.14. The molecule has 0 aromatic rings. The Kier molecular flexibility index (Phi) is 6.69. The SMILES string of the molecule is CCOC(=O)CN(C(C)C)C1CCCCC1CC. The van der Waals surface area contributed by atoms with E-state index in [0.717, 1.165) is 5.92 Å². The van der Waals surface area contributed by atoms with Gasteiger partial charge in [-0.3, -0.25) is 9.69 Å². The van der Waals surface area contributed by atoms with Crippen LogP contribution >= 0.6 is 0 Å². The van der Waals surface area contributed by atoms with Gasteiger partial charge in [0.05, 0.1) is 13.2 Å². The first kappa shape index (κ1) is 15.5. The molecule has 2 atom stereocenters. The van der Waals surface area contributed by atoms with Crippen LogP contribution in [0.3, 0.4) is 0 Å². The van der Waals surface area contributed by atoms with Crippen molar-refractivity contribution in [3.8, 4) is 0 Å². The molecular weight excluding hydrogens is 226 g/mol. The summed E-state index contributed by atoms with van der Waals surface area (Å²) < 4.78 is 5.10. The minimum Gasteiger partial charge on any atom is -0.465 e. The molecule has 0 bridgehead atoms. The molecule has 106 valence electrons. The van der Waals surface area contributed by atoms with Crippen molar-refractivity contribution in [2.75, 3.05) is 13.2 Å². The van der Waals surface area contributed by atoms with Gasteiger partial charge in [-0.2, -0.15) is 0 Å². The van der Waals surface area contributed by atoms with Crippen molar-refractivity contribution in [3.05, 3.63) is 0 Å². The van der Waals surface area contributed by atoms with Crippen molar-refractivity contribution in [2.45, 2.75) is 71.9 Å². The average Bonchev–Trinajstić information content (AvgIpc) is 2.36. The van der Waals surface area contributed by atoms with Gasteiger partial charge < -0.3 is 4.74 Å². The molecule has 0 heterocycles. The monoisotopic (exact) mass is 255 g/mol. The zero-order valence-electron chi connectivity index (χ0n) is 12.4. The molecule has 1 saturated carbocycles. The predicted octanol–water partition coefficient (Wildman–Crippen LogP) is 3.23. The Hall–Kier alpha value is -0.570. The van der Waals surface area contributed by atoms with E-state index in [1.807, 2.05) is 6.92 Å². The van der Waals surface area contributed by atoms with Gasteiger partial charge in [-0.1, -0.05) is 26.2 Å². The van der Waals surface area contributed by atoms with Gasteiger partial charge in [-0.05, 0) is 39.5 Å². The largest absolute Gasteiger partial charge is 0.465 e. The molecule has 0 N–H and O–H groups in total. The number of esters is 1. The van der Waals surface area contributed by atoms with E-state index >= 15 is 0 Å². The molecule has 1 rings (SSSR count). The van der Waals surface area contributed by atoms with Gasteiger partial charge in [0.2, 0.25) is 0 Å². The molecular formula is C15H29NO2. The topological polar surface area (TPSA) is 29.5 Å². The van der Waals surface area contributed by atoms with Gasteiger partial charge in [-0.25, -0.2) is 0 Å². The first-order valence-corrected chi connectivity index (χ1v) is 7.51. The number of hydrogen-bond acceptors (Lipinski definition) is 3. The maximum atomic E-state index is 11.7. The Morgan fingerprint density at radius 3 is 2.50 bits per heavy atom. The van der Waals surface area contributed by atoms with E-state index in [2.05, 4.69) is 25.7 Å². The highest BCUT2D eigenvalue weighted by Crippen LogP contribution is 2.31. The van der Waals surface area contributed by atoms with Crippen molar-refractivity contribution in [3.63, 3.8) is 0 Å². The van der Waals surface area contributed by atoms with Crippen molar-refractivity contribution in [2.24, 2.45) is 5.92 Å². The van der Waals surface area contributed by atoms with Crippen LogP contribution in [0.5, 0.6) is 0 Å². The van der Waals surface area contributed by atoms with E-state index in [4.69, 9.17) is 4.74 Å². The second kappa shape index (κ2) is 7.78. The van der Waals surface area contributed by atoms with E-state index in [1.54, 1.807) is 0 Å². The lowest BCUT2D eigenvalue weighted by molar-refractivity contribution is -0.146. The zero-order valence-corrected chi connectivity index (χ0v) is 12.4. The number of carbonyl (C=O) groups is 1. The van der Waals surface area contributed by atoms with Crippen LogP contribution in [-0.2, 0) is 9.53 Å². The van der Waals surface area contributed by atoms with Crippen LogP contribution in [-0.4, -0.2) is 36.1 Å². The highest BCUT2D eigenvalue weighted by Gasteiger charge is 2.31. The van der Waals surface area contributed by atoms with Crippen LogP contribution in [0, 0.1) is 5.92 Å². The van der Waals surface area contributed by atoms with E-state index in [9.17, 15) is 4.79 Å². The number of carbonyl (C=O) groups excluding carboxylic acids is 1. The van der Waals surface area contributed by atoms with E-state index in [1.165, 1.54) is 32.1 Å². The summed E-state index contributed by atoms with van der Waals surface area (Å²) in [6, 6.07) is 0.972. The molecule has 0 aromatic carbocycles.